The summed E-state index contributed by atoms with van der Waals surface area (Å²) in [7, 11) is 2.66. The highest BCUT2D eigenvalue weighted by Gasteiger charge is 2.31. The molecular weight excluding hydrogens is 196 g/mol. The molecule has 1 aromatic carbocycles. The lowest BCUT2D eigenvalue weighted by atomic mass is 10.2. The number of hydrogen-bond donors (Lipinski definition) is 0. The van der Waals surface area contributed by atoms with E-state index in [1.54, 1.807) is 0 Å². The second kappa shape index (κ2) is 3.77. The van der Waals surface area contributed by atoms with Crippen LogP contribution in [-0.4, -0.2) is 14.2 Å². The zero-order chi connectivity index (χ0) is 10.8. The molecule has 5 heteroatoms. The van der Waals surface area contributed by atoms with Gasteiger partial charge in [-0.3, -0.25) is 0 Å². The monoisotopic (exact) mass is 205 g/mol. The Labute approximate surface area is 79.2 Å². The first-order valence-electron chi connectivity index (χ1n) is 3.78. The standard InChI is InChI=1S/C9H9F3O2/c1-13-7-4-3-6(9(10,11)12)5-8(7)14-2/h3-5H,1-2H3/i10-1. The number of alkyl halides is 3. The van der Waals surface area contributed by atoms with Gasteiger partial charge >= 0.3 is 6.18 Å². The highest BCUT2D eigenvalue weighted by atomic mass is 19.3. The van der Waals surface area contributed by atoms with Crippen LogP contribution in [0.2, 0.25) is 0 Å². The van der Waals surface area contributed by atoms with E-state index in [2.05, 4.69) is 0 Å². The third-order valence-electron chi connectivity index (χ3n) is 1.71. The Balaban J connectivity index is 3.14. The molecule has 1 aromatic rings. The van der Waals surface area contributed by atoms with Crippen molar-refractivity contribution in [3.05, 3.63) is 23.8 Å². The van der Waals surface area contributed by atoms with Crippen LogP contribution in [0.4, 0.5) is 13.2 Å². The van der Waals surface area contributed by atoms with Crippen molar-refractivity contribution in [1.29, 1.82) is 0 Å². The van der Waals surface area contributed by atoms with Crippen molar-refractivity contribution in [3.63, 3.8) is 0 Å². The molecule has 0 bridgehead atoms. The summed E-state index contributed by atoms with van der Waals surface area (Å²) in [5, 5.41) is 0. The summed E-state index contributed by atoms with van der Waals surface area (Å²) < 4.78 is 46.3. The molecule has 0 N–H and O–H groups in total. The van der Waals surface area contributed by atoms with Crippen LogP contribution < -0.4 is 9.47 Å². The van der Waals surface area contributed by atoms with E-state index in [1.807, 2.05) is 0 Å². The average molecular weight is 205 g/mol. The van der Waals surface area contributed by atoms with E-state index >= 15 is 0 Å². The molecule has 14 heavy (non-hydrogen) atoms. The molecule has 0 aliphatic carbocycles. The van der Waals surface area contributed by atoms with Gasteiger partial charge < -0.3 is 9.47 Å². The second-order valence-electron chi connectivity index (χ2n) is 2.57. The van der Waals surface area contributed by atoms with Crippen molar-refractivity contribution in [3.8, 4) is 11.5 Å². The van der Waals surface area contributed by atoms with Crippen molar-refractivity contribution >= 4 is 0 Å². The molecule has 0 amide bonds. The van der Waals surface area contributed by atoms with Crippen molar-refractivity contribution in [1.82, 2.24) is 0 Å². The normalized spacial score (nSPS) is 11.2. The van der Waals surface area contributed by atoms with E-state index in [9.17, 15) is 13.2 Å². The van der Waals surface area contributed by atoms with Crippen LogP contribution in [0, 0.1) is 0 Å². The first-order chi connectivity index (χ1) is 6.49. The van der Waals surface area contributed by atoms with Gasteiger partial charge in [-0.1, -0.05) is 0 Å². The summed E-state index contributed by atoms with van der Waals surface area (Å²) in [5.41, 5.74) is -0.754. The first-order valence-corrected chi connectivity index (χ1v) is 3.78. The number of hydrogen-bond acceptors (Lipinski definition) is 2. The molecule has 2 nitrogen and oxygen atoms in total. The molecule has 0 atom stereocenters. The van der Waals surface area contributed by atoms with Gasteiger partial charge in [0.2, 0.25) is 0 Å². The zero-order valence-electron chi connectivity index (χ0n) is 7.68. The molecule has 78 valence electrons. The van der Waals surface area contributed by atoms with Gasteiger partial charge in [-0.2, -0.15) is 13.2 Å². The van der Waals surface area contributed by atoms with Gasteiger partial charge in [0.1, 0.15) is 0 Å². The van der Waals surface area contributed by atoms with Gasteiger partial charge in [-0.05, 0) is 18.2 Å². The Kier molecular flexibility index (Phi) is 2.88. The van der Waals surface area contributed by atoms with E-state index in [0.29, 0.717) is 0 Å². The van der Waals surface area contributed by atoms with Gasteiger partial charge in [-0.25, -0.2) is 0 Å². The molecule has 0 aliphatic heterocycles. The molecule has 0 unspecified atom stereocenters. The van der Waals surface area contributed by atoms with Crippen LogP contribution in [0.3, 0.4) is 0 Å². The van der Waals surface area contributed by atoms with Gasteiger partial charge in [-0.15, -0.1) is 0 Å². The van der Waals surface area contributed by atoms with Crippen LogP contribution in [0.25, 0.3) is 0 Å². The van der Waals surface area contributed by atoms with Gasteiger partial charge in [0.15, 0.2) is 11.5 Å². The van der Waals surface area contributed by atoms with Crippen molar-refractivity contribution < 1.29 is 22.6 Å². The minimum absolute atomic E-state index is 0.0716. The minimum atomic E-state index is -4.36. The predicted molar refractivity (Wildman–Crippen MR) is 44.5 cm³/mol. The van der Waals surface area contributed by atoms with Crippen LogP contribution in [0.15, 0.2) is 18.2 Å². The Bertz CT molecular complexity index is 320. The molecule has 0 heterocycles. The second-order valence-corrected chi connectivity index (χ2v) is 2.57. The number of methoxy groups -OCH3 is 2. The van der Waals surface area contributed by atoms with Crippen molar-refractivity contribution in [2.75, 3.05) is 14.2 Å². The van der Waals surface area contributed by atoms with E-state index in [1.165, 1.54) is 20.3 Å². The topological polar surface area (TPSA) is 18.5 Å². The number of halogens is 3. The largest absolute Gasteiger partial charge is 0.493 e. The third-order valence-corrected chi connectivity index (χ3v) is 1.71. The van der Waals surface area contributed by atoms with E-state index in [0.717, 1.165) is 12.1 Å². The smallest absolute Gasteiger partial charge is 0.416 e. The maximum Gasteiger partial charge on any atom is 0.416 e. The Morgan fingerprint density at radius 3 is 2.00 bits per heavy atom. The molecular formula is C9H9F3O2. The fourth-order valence-electron chi connectivity index (χ4n) is 1.01. The predicted octanol–water partition coefficient (Wildman–Crippen LogP) is 2.72. The Morgan fingerprint density at radius 2 is 1.57 bits per heavy atom. The van der Waals surface area contributed by atoms with Crippen LogP contribution in [0.5, 0.6) is 11.5 Å². The minimum Gasteiger partial charge on any atom is -0.493 e. The summed E-state index contributed by atoms with van der Waals surface area (Å²) in [4.78, 5) is 0. The lowest BCUT2D eigenvalue weighted by molar-refractivity contribution is -0.137. The first kappa shape index (κ1) is 10.7. The van der Waals surface area contributed by atoms with Crippen LogP contribution in [0.1, 0.15) is 5.56 Å². The highest BCUT2D eigenvalue weighted by Crippen LogP contribution is 2.35. The number of ether oxygens (including phenoxy) is 2. The molecule has 0 aliphatic rings. The van der Waals surface area contributed by atoms with Gasteiger partial charge in [0, 0.05) is 0 Å². The average Bonchev–Trinajstić information content (AvgIpc) is 2.15. The van der Waals surface area contributed by atoms with Gasteiger partial charge in [0.05, 0.1) is 19.8 Å². The SMILES string of the molecule is COc1ccc(C(F)(F)[18F])cc1OC. The maximum atomic E-state index is 12.2. The Hall–Kier alpha value is -1.39. The van der Waals surface area contributed by atoms with Crippen LogP contribution in [-0.2, 0) is 6.18 Å². The summed E-state index contributed by atoms with van der Waals surface area (Å²) in [6.45, 7) is 0. The molecule has 0 spiro atoms. The van der Waals surface area contributed by atoms with Crippen molar-refractivity contribution in [2.45, 2.75) is 6.18 Å². The fraction of sp³-hybridized carbons (Fsp3) is 0.333. The summed E-state index contributed by atoms with van der Waals surface area (Å²) in [6.07, 6.45) is -4.36. The van der Waals surface area contributed by atoms with E-state index in [4.69, 9.17) is 9.47 Å². The lowest BCUT2D eigenvalue weighted by Crippen LogP contribution is -2.05. The van der Waals surface area contributed by atoms with Gasteiger partial charge in [0.25, 0.3) is 0 Å². The molecule has 0 aromatic heterocycles. The zero-order valence-corrected chi connectivity index (χ0v) is 7.68. The van der Waals surface area contributed by atoms with E-state index in [-0.39, 0.29) is 11.5 Å². The summed E-state index contributed by atoms with van der Waals surface area (Å²) >= 11 is 0. The van der Waals surface area contributed by atoms with Crippen molar-refractivity contribution in [2.24, 2.45) is 0 Å². The molecule has 1 rings (SSSR count). The van der Waals surface area contributed by atoms with E-state index < -0.39 is 11.7 Å². The molecule has 0 saturated carbocycles. The van der Waals surface area contributed by atoms with Crippen LogP contribution >= 0.6 is 0 Å². The summed E-state index contributed by atoms with van der Waals surface area (Å²) in [6, 6.07) is 3.07. The fourth-order valence-corrected chi connectivity index (χ4v) is 1.01. The highest BCUT2D eigenvalue weighted by molar-refractivity contribution is 5.43. The molecule has 0 radical (unpaired) electrons. The lowest BCUT2D eigenvalue weighted by Gasteiger charge is -2.11. The summed E-state index contributed by atoms with van der Waals surface area (Å²) in [5.74, 6) is 0.350. The molecule has 0 saturated heterocycles. The Morgan fingerprint density at radius 1 is 1.00 bits per heavy atom. The number of rotatable bonds is 2. The molecule has 0 fully saturated rings. The quantitative estimate of drug-likeness (QED) is 0.739. The number of benzene rings is 1. The maximum absolute atomic E-state index is 12.2. The third kappa shape index (κ3) is 2.10.